The molecule has 0 spiro atoms. The van der Waals surface area contributed by atoms with Crippen LogP contribution < -0.4 is 10.6 Å². The maximum Gasteiger partial charge on any atom is 0.238 e. The largest absolute Gasteiger partial charge is 0.325 e. The Bertz CT molecular complexity index is 370. The first-order valence-electron chi connectivity index (χ1n) is 5.87. The van der Waals surface area contributed by atoms with E-state index in [1.165, 1.54) is 0 Å². The van der Waals surface area contributed by atoms with E-state index in [-0.39, 0.29) is 5.91 Å². The number of anilines is 1. The summed E-state index contributed by atoms with van der Waals surface area (Å²) in [6, 6.07) is 7.09. The molecular weight excluding hydrogens is 268 g/mol. The van der Waals surface area contributed by atoms with Crippen molar-refractivity contribution in [3.63, 3.8) is 0 Å². The van der Waals surface area contributed by atoms with Crippen LogP contribution in [-0.4, -0.2) is 31.0 Å². The number of halogens is 1. The molecule has 1 unspecified atom stereocenters. The minimum atomic E-state index is -0.0336. The summed E-state index contributed by atoms with van der Waals surface area (Å²) in [4.78, 5) is 11.6. The van der Waals surface area contributed by atoms with Crippen LogP contribution in [-0.2, 0) is 4.79 Å². The molecule has 0 heterocycles. The average molecular weight is 287 g/mol. The minimum Gasteiger partial charge on any atom is -0.325 e. The number of hydrogen-bond acceptors (Lipinski definition) is 3. The summed E-state index contributed by atoms with van der Waals surface area (Å²) in [7, 11) is 0. The van der Waals surface area contributed by atoms with Gasteiger partial charge in [0, 0.05) is 10.7 Å². The number of rotatable bonds is 7. The predicted octanol–water partition coefficient (Wildman–Crippen LogP) is 2.87. The van der Waals surface area contributed by atoms with Crippen LogP contribution in [0.15, 0.2) is 24.3 Å². The molecule has 1 amide bonds. The lowest BCUT2D eigenvalue weighted by Crippen LogP contribution is -2.31. The van der Waals surface area contributed by atoms with Gasteiger partial charge in [-0.3, -0.25) is 4.79 Å². The van der Waals surface area contributed by atoms with Gasteiger partial charge in [-0.25, -0.2) is 0 Å². The van der Waals surface area contributed by atoms with E-state index in [1.54, 1.807) is 24.3 Å². The van der Waals surface area contributed by atoms with Gasteiger partial charge in [0.05, 0.1) is 6.54 Å². The van der Waals surface area contributed by atoms with Gasteiger partial charge in [0.2, 0.25) is 5.91 Å². The summed E-state index contributed by atoms with van der Waals surface area (Å²) in [5, 5.41) is 6.62. The summed E-state index contributed by atoms with van der Waals surface area (Å²) < 4.78 is 0. The van der Waals surface area contributed by atoms with Crippen LogP contribution in [0.4, 0.5) is 5.69 Å². The molecule has 1 aromatic carbocycles. The van der Waals surface area contributed by atoms with Crippen LogP contribution in [0.3, 0.4) is 0 Å². The molecule has 0 aliphatic heterocycles. The molecule has 0 fully saturated rings. The number of nitrogens with one attached hydrogen (secondary N) is 2. The fourth-order valence-electron chi connectivity index (χ4n) is 1.51. The average Bonchev–Trinajstić information content (AvgIpc) is 2.32. The number of amides is 1. The molecule has 0 radical (unpaired) electrons. The van der Waals surface area contributed by atoms with Crippen LogP contribution in [0.1, 0.15) is 6.92 Å². The summed E-state index contributed by atoms with van der Waals surface area (Å²) in [5.41, 5.74) is 0.767. The summed E-state index contributed by atoms with van der Waals surface area (Å²) >= 11 is 7.59. The second-order valence-electron chi connectivity index (χ2n) is 4.25. The Morgan fingerprint density at radius 3 is 2.67 bits per heavy atom. The van der Waals surface area contributed by atoms with Gasteiger partial charge in [-0.15, -0.1) is 0 Å². The molecular formula is C13H19ClN2OS. The second-order valence-corrected chi connectivity index (χ2v) is 5.59. The fraction of sp³-hybridized carbons (Fsp3) is 0.462. The molecule has 0 bridgehead atoms. The number of carbonyl (C=O) groups is 1. The number of benzene rings is 1. The maximum atomic E-state index is 11.6. The second kappa shape index (κ2) is 8.40. The molecule has 0 aliphatic carbocycles. The van der Waals surface area contributed by atoms with E-state index in [9.17, 15) is 4.79 Å². The van der Waals surface area contributed by atoms with E-state index >= 15 is 0 Å². The van der Waals surface area contributed by atoms with Gasteiger partial charge in [-0.05, 0) is 48.7 Å². The molecule has 100 valence electrons. The normalized spacial score (nSPS) is 12.2. The molecule has 1 aromatic rings. The fourth-order valence-corrected chi connectivity index (χ4v) is 2.33. The van der Waals surface area contributed by atoms with Crippen LogP contribution in [0.2, 0.25) is 5.02 Å². The Kier molecular flexibility index (Phi) is 7.16. The zero-order valence-corrected chi connectivity index (χ0v) is 12.3. The van der Waals surface area contributed by atoms with Gasteiger partial charge in [-0.1, -0.05) is 18.5 Å². The highest BCUT2D eigenvalue weighted by Gasteiger charge is 2.04. The Hall–Kier alpha value is -0.710. The third-order valence-electron chi connectivity index (χ3n) is 2.36. The molecule has 0 aromatic heterocycles. The van der Waals surface area contributed by atoms with Crippen LogP contribution >= 0.6 is 23.4 Å². The van der Waals surface area contributed by atoms with Crippen molar-refractivity contribution in [2.75, 3.05) is 30.4 Å². The van der Waals surface area contributed by atoms with E-state index in [0.717, 1.165) is 18.0 Å². The molecule has 3 nitrogen and oxygen atoms in total. The highest BCUT2D eigenvalue weighted by molar-refractivity contribution is 7.98. The van der Waals surface area contributed by atoms with Crippen LogP contribution in [0, 0.1) is 5.92 Å². The standard InChI is InChI=1S/C13H19ClN2OS/c1-10(9-18-2)7-15-8-13(17)16-12-5-3-11(14)4-6-12/h3-6,10,15H,7-9H2,1-2H3,(H,16,17). The molecule has 0 aliphatic rings. The molecule has 0 saturated heterocycles. The SMILES string of the molecule is CSCC(C)CNCC(=O)Nc1ccc(Cl)cc1. The van der Waals surface area contributed by atoms with Crippen molar-refractivity contribution < 1.29 is 4.79 Å². The van der Waals surface area contributed by atoms with E-state index < -0.39 is 0 Å². The quantitative estimate of drug-likeness (QED) is 0.810. The third kappa shape index (κ3) is 6.28. The molecule has 1 atom stereocenters. The number of carbonyl (C=O) groups excluding carboxylic acids is 1. The van der Waals surface area contributed by atoms with Gasteiger partial charge < -0.3 is 10.6 Å². The summed E-state index contributed by atoms with van der Waals surface area (Å²) in [6.07, 6.45) is 2.09. The van der Waals surface area contributed by atoms with Gasteiger partial charge in [-0.2, -0.15) is 11.8 Å². The van der Waals surface area contributed by atoms with Gasteiger partial charge in [0.1, 0.15) is 0 Å². The number of hydrogen-bond donors (Lipinski definition) is 2. The van der Waals surface area contributed by atoms with Crippen molar-refractivity contribution in [2.24, 2.45) is 5.92 Å². The topological polar surface area (TPSA) is 41.1 Å². The lowest BCUT2D eigenvalue weighted by atomic mass is 10.2. The highest BCUT2D eigenvalue weighted by atomic mass is 35.5. The molecule has 18 heavy (non-hydrogen) atoms. The first-order chi connectivity index (χ1) is 8.61. The zero-order chi connectivity index (χ0) is 13.4. The van der Waals surface area contributed by atoms with Crippen molar-refractivity contribution in [3.8, 4) is 0 Å². The molecule has 0 saturated carbocycles. The minimum absolute atomic E-state index is 0.0336. The molecule has 5 heteroatoms. The summed E-state index contributed by atoms with van der Waals surface area (Å²) in [6.45, 7) is 3.36. The van der Waals surface area contributed by atoms with Gasteiger partial charge in [0.15, 0.2) is 0 Å². The first-order valence-corrected chi connectivity index (χ1v) is 7.64. The zero-order valence-electron chi connectivity index (χ0n) is 10.7. The van der Waals surface area contributed by atoms with Crippen molar-refractivity contribution in [1.82, 2.24) is 5.32 Å². The van der Waals surface area contributed by atoms with Crippen LogP contribution in [0.25, 0.3) is 0 Å². The Morgan fingerprint density at radius 2 is 2.06 bits per heavy atom. The predicted molar refractivity (Wildman–Crippen MR) is 80.5 cm³/mol. The van der Waals surface area contributed by atoms with E-state index in [2.05, 4.69) is 23.8 Å². The lowest BCUT2D eigenvalue weighted by Gasteiger charge is -2.11. The van der Waals surface area contributed by atoms with Crippen molar-refractivity contribution >= 4 is 35.0 Å². The van der Waals surface area contributed by atoms with Gasteiger partial charge in [0.25, 0.3) is 0 Å². The van der Waals surface area contributed by atoms with Crippen molar-refractivity contribution in [1.29, 1.82) is 0 Å². The van der Waals surface area contributed by atoms with Crippen molar-refractivity contribution in [2.45, 2.75) is 6.92 Å². The molecule has 2 N–H and O–H groups in total. The Balaban J connectivity index is 2.23. The lowest BCUT2D eigenvalue weighted by molar-refractivity contribution is -0.115. The van der Waals surface area contributed by atoms with Gasteiger partial charge >= 0.3 is 0 Å². The van der Waals surface area contributed by atoms with E-state index in [1.807, 2.05) is 11.8 Å². The molecule has 1 rings (SSSR count). The smallest absolute Gasteiger partial charge is 0.238 e. The monoisotopic (exact) mass is 286 g/mol. The maximum absolute atomic E-state index is 11.6. The summed E-state index contributed by atoms with van der Waals surface area (Å²) in [5.74, 6) is 1.64. The highest BCUT2D eigenvalue weighted by Crippen LogP contribution is 2.13. The number of thioether (sulfide) groups is 1. The Morgan fingerprint density at radius 1 is 1.39 bits per heavy atom. The van der Waals surface area contributed by atoms with Crippen LogP contribution in [0.5, 0.6) is 0 Å². The van der Waals surface area contributed by atoms with E-state index in [0.29, 0.717) is 17.5 Å². The Labute approximate surface area is 118 Å². The third-order valence-corrected chi connectivity index (χ3v) is 3.51. The van der Waals surface area contributed by atoms with E-state index in [4.69, 9.17) is 11.6 Å². The van der Waals surface area contributed by atoms with Crippen molar-refractivity contribution in [3.05, 3.63) is 29.3 Å². The first kappa shape index (κ1) is 15.3.